The highest BCUT2D eigenvalue weighted by molar-refractivity contribution is 5.81. The maximum atomic E-state index is 12.3. The van der Waals surface area contributed by atoms with Gasteiger partial charge in [0.1, 0.15) is 22.9 Å². The van der Waals surface area contributed by atoms with Crippen LogP contribution in [0.25, 0.3) is 0 Å². The molecule has 1 heterocycles. The molecule has 0 bridgehead atoms. The second kappa shape index (κ2) is 8.08. The van der Waals surface area contributed by atoms with Crippen LogP contribution in [-0.2, 0) is 10.2 Å². The fraction of sp³-hybridized carbons (Fsp3) is 0.720. The fourth-order valence-corrected chi connectivity index (χ4v) is 5.25. The number of ketones is 1. The Bertz CT molecular complexity index is 717. The van der Waals surface area contributed by atoms with E-state index in [9.17, 15) is 4.79 Å². The lowest BCUT2D eigenvalue weighted by molar-refractivity contribution is -0.124. The third-order valence-corrected chi connectivity index (χ3v) is 7.07. The van der Waals surface area contributed by atoms with E-state index >= 15 is 0 Å². The maximum absolute atomic E-state index is 12.3. The summed E-state index contributed by atoms with van der Waals surface area (Å²) >= 11 is 0. The minimum absolute atomic E-state index is 0.0722. The van der Waals surface area contributed by atoms with Gasteiger partial charge in [-0.25, -0.2) is 0 Å². The number of fused-ring (bicyclic) bond motifs is 3. The maximum Gasteiger partial charge on any atom is 0.133 e. The third kappa shape index (κ3) is 4.09. The van der Waals surface area contributed by atoms with Crippen LogP contribution in [0.2, 0.25) is 0 Å². The lowest BCUT2D eigenvalue weighted by Gasteiger charge is -2.47. The van der Waals surface area contributed by atoms with Crippen molar-refractivity contribution in [2.45, 2.75) is 103 Å². The molecular weight excluding hydrogens is 348 g/mol. The highest BCUT2D eigenvalue weighted by Crippen LogP contribution is 2.54. The van der Waals surface area contributed by atoms with E-state index in [2.05, 4.69) is 46.8 Å². The Hall–Kier alpha value is -1.51. The molecule has 0 N–H and O–H groups in total. The number of rotatable bonds is 7. The Morgan fingerprint density at radius 3 is 2.64 bits per heavy atom. The van der Waals surface area contributed by atoms with Crippen LogP contribution in [-0.4, -0.2) is 18.5 Å². The van der Waals surface area contributed by atoms with Crippen LogP contribution in [0.4, 0.5) is 0 Å². The van der Waals surface area contributed by atoms with E-state index < -0.39 is 0 Å². The molecule has 0 unspecified atom stereocenters. The van der Waals surface area contributed by atoms with Crippen molar-refractivity contribution in [3.05, 3.63) is 23.3 Å². The van der Waals surface area contributed by atoms with E-state index in [0.717, 1.165) is 29.9 Å². The molecule has 28 heavy (non-hydrogen) atoms. The summed E-state index contributed by atoms with van der Waals surface area (Å²) in [6, 6.07) is 4.44. The number of Topliss-reactive ketones (excluding diaryl/α,β-unsaturated/α-hetero) is 1. The first-order valence-electron chi connectivity index (χ1n) is 11.1. The number of ether oxygens (including phenoxy) is 2. The average Bonchev–Trinajstić information content (AvgIpc) is 2.63. The molecule has 1 aromatic carbocycles. The predicted octanol–water partition coefficient (Wildman–Crippen LogP) is 6.57. The zero-order valence-electron chi connectivity index (χ0n) is 18.7. The zero-order chi connectivity index (χ0) is 20.5. The molecule has 2 atom stereocenters. The van der Waals surface area contributed by atoms with Crippen molar-refractivity contribution < 1.29 is 14.3 Å². The molecule has 0 radical (unpaired) electrons. The Labute approximate surface area is 171 Å². The summed E-state index contributed by atoms with van der Waals surface area (Å²) in [5, 5.41) is 0. The smallest absolute Gasteiger partial charge is 0.133 e. The molecule has 0 spiro atoms. The minimum atomic E-state index is -0.257. The van der Waals surface area contributed by atoms with Crippen molar-refractivity contribution >= 4 is 5.78 Å². The van der Waals surface area contributed by atoms with Crippen LogP contribution in [0.15, 0.2) is 12.1 Å². The van der Waals surface area contributed by atoms with E-state index in [1.54, 1.807) is 7.11 Å². The van der Waals surface area contributed by atoms with Crippen LogP contribution in [0.3, 0.4) is 0 Å². The molecule has 1 aliphatic heterocycles. The van der Waals surface area contributed by atoms with Gasteiger partial charge in [0.15, 0.2) is 0 Å². The molecule has 0 saturated heterocycles. The summed E-state index contributed by atoms with van der Waals surface area (Å²) in [5.41, 5.74) is 2.21. The van der Waals surface area contributed by atoms with Crippen molar-refractivity contribution in [3.8, 4) is 11.5 Å². The Morgan fingerprint density at radius 1 is 1.21 bits per heavy atom. The highest BCUT2D eigenvalue weighted by Gasteiger charge is 2.48. The second-order valence-corrected chi connectivity index (χ2v) is 9.98. The van der Waals surface area contributed by atoms with Gasteiger partial charge in [-0.3, -0.25) is 4.79 Å². The zero-order valence-corrected chi connectivity index (χ0v) is 18.7. The molecule has 2 aliphatic rings. The van der Waals surface area contributed by atoms with E-state index in [4.69, 9.17) is 9.47 Å². The van der Waals surface area contributed by atoms with Gasteiger partial charge >= 0.3 is 0 Å². The average molecular weight is 387 g/mol. The van der Waals surface area contributed by atoms with Crippen molar-refractivity contribution in [3.63, 3.8) is 0 Å². The molecule has 3 rings (SSSR count). The van der Waals surface area contributed by atoms with E-state index in [-0.39, 0.29) is 16.9 Å². The number of hydrogen-bond acceptors (Lipinski definition) is 3. The molecule has 1 aromatic rings. The van der Waals surface area contributed by atoms with Crippen molar-refractivity contribution in [1.29, 1.82) is 0 Å². The molecule has 3 heteroatoms. The summed E-state index contributed by atoms with van der Waals surface area (Å²) in [5.74, 6) is 2.76. The van der Waals surface area contributed by atoms with Crippen LogP contribution >= 0.6 is 0 Å². The Kier molecular flexibility index (Phi) is 6.12. The summed E-state index contributed by atoms with van der Waals surface area (Å²) in [4.78, 5) is 12.3. The van der Waals surface area contributed by atoms with E-state index in [1.165, 1.54) is 31.2 Å². The highest BCUT2D eigenvalue weighted by atomic mass is 16.5. The van der Waals surface area contributed by atoms with Crippen LogP contribution in [0.1, 0.15) is 103 Å². The van der Waals surface area contributed by atoms with Gasteiger partial charge < -0.3 is 9.47 Å². The molecule has 1 fully saturated rings. The monoisotopic (exact) mass is 386 g/mol. The second-order valence-electron chi connectivity index (χ2n) is 9.98. The van der Waals surface area contributed by atoms with Crippen LogP contribution in [0.5, 0.6) is 11.5 Å². The van der Waals surface area contributed by atoms with Crippen molar-refractivity contribution in [2.75, 3.05) is 7.11 Å². The van der Waals surface area contributed by atoms with Gasteiger partial charge in [0.2, 0.25) is 0 Å². The Morgan fingerprint density at radius 2 is 1.96 bits per heavy atom. The first kappa shape index (κ1) is 21.2. The first-order valence-corrected chi connectivity index (χ1v) is 11.1. The fourth-order valence-electron chi connectivity index (χ4n) is 5.25. The normalized spacial score (nSPS) is 23.6. The molecule has 1 aliphatic carbocycles. The molecule has 1 saturated carbocycles. The van der Waals surface area contributed by atoms with Gasteiger partial charge in [-0.15, -0.1) is 0 Å². The van der Waals surface area contributed by atoms with Crippen molar-refractivity contribution in [1.82, 2.24) is 0 Å². The third-order valence-electron chi connectivity index (χ3n) is 7.07. The van der Waals surface area contributed by atoms with Gasteiger partial charge in [-0.1, -0.05) is 46.5 Å². The van der Waals surface area contributed by atoms with Crippen LogP contribution in [0, 0.1) is 5.92 Å². The number of unbranched alkanes of at least 4 members (excludes halogenated alkanes) is 3. The Balaban J connectivity index is 1.97. The number of benzene rings is 1. The minimum Gasteiger partial charge on any atom is -0.496 e. The SMILES string of the molecule is CCCCCCC(C)(C)c1cc(OC)c2c(c1)OC(C)(C)[C@H]1CCC(=O)C[C@@H]21. The molecule has 0 amide bonds. The standard InChI is InChI=1S/C25H38O3/c1-7-8-9-10-13-24(2,3)17-14-21(27-6)23-19-16-18(26)11-12-20(19)25(4,5)28-22(23)15-17/h14-15,19-20H,7-13,16H2,1-6H3/t19-,20+/m1/s1. The molecule has 3 nitrogen and oxygen atoms in total. The molecular formula is C25H38O3. The van der Waals surface area contributed by atoms with Crippen molar-refractivity contribution in [2.24, 2.45) is 5.92 Å². The summed E-state index contributed by atoms with van der Waals surface area (Å²) in [7, 11) is 1.74. The van der Waals surface area contributed by atoms with E-state index in [0.29, 0.717) is 24.5 Å². The number of hydrogen-bond donors (Lipinski definition) is 0. The van der Waals surface area contributed by atoms with Gasteiger partial charge in [-0.2, -0.15) is 0 Å². The summed E-state index contributed by atoms with van der Waals surface area (Å²) in [6.45, 7) is 11.3. The number of carbonyl (C=O) groups excluding carboxylic acids is 1. The molecule has 0 aromatic heterocycles. The predicted molar refractivity (Wildman–Crippen MR) is 115 cm³/mol. The van der Waals surface area contributed by atoms with Gasteiger partial charge in [0.25, 0.3) is 0 Å². The largest absolute Gasteiger partial charge is 0.496 e. The number of methoxy groups -OCH3 is 1. The lowest BCUT2D eigenvalue weighted by Crippen LogP contribution is -2.47. The van der Waals surface area contributed by atoms with Gasteiger partial charge in [0.05, 0.1) is 7.11 Å². The van der Waals surface area contributed by atoms with Gasteiger partial charge in [0, 0.05) is 30.2 Å². The first-order chi connectivity index (χ1) is 13.2. The molecule has 156 valence electrons. The van der Waals surface area contributed by atoms with Crippen LogP contribution < -0.4 is 9.47 Å². The quantitative estimate of drug-likeness (QED) is 0.497. The lowest BCUT2D eigenvalue weighted by atomic mass is 9.66. The summed E-state index contributed by atoms with van der Waals surface area (Å²) in [6.07, 6.45) is 8.44. The number of carbonyl (C=O) groups is 1. The summed E-state index contributed by atoms with van der Waals surface area (Å²) < 4.78 is 12.4. The van der Waals surface area contributed by atoms with E-state index in [1.807, 2.05) is 0 Å². The topological polar surface area (TPSA) is 35.5 Å². The van der Waals surface area contributed by atoms with Gasteiger partial charge in [-0.05, 0) is 49.8 Å².